The lowest BCUT2D eigenvalue weighted by molar-refractivity contribution is 0.0686. The molecular weight excluding hydrogens is 258 g/mol. The lowest BCUT2D eigenvalue weighted by Gasteiger charge is -2.06. The summed E-state index contributed by atoms with van der Waals surface area (Å²) in [5.74, 6) is -1.53. The number of nitrogens with one attached hydrogen (secondary N) is 1. The van der Waals surface area contributed by atoms with E-state index in [-0.39, 0.29) is 11.4 Å². The van der Waals surface area contributed by atoms with Crippen molar-refractivity contribution in [3.63, 3.8) is 0 Å². The highest BCUT2D eigenvalue weighted by molar-refractivity contribution is 5.88. The Hall–Kier alpha value is -2.63. The molecule has 0 aliphatic carbocycles. The Morgan fingerprint density at radius 1 is 1.20 bits per heavy atom. The second-order valence-corrected chi connectivity index (χ2v) is 4.24. The van der Waals surface area contributed by atoms with Gasteiger partial charge in [0.05, 0.1) is 0 Å². The van der Waals surface area contributed by atoms with Gasteiger partial charge in [0.15, 0.2) is 5.69 Å². The Labute approximate surface area is 116 Å². The summed E-state index contributed by atoms with van der Waals surface area (Å²) < 4.78 is 0. The van der Waals surface area contributed by atoms with Gasteiger partial charge in [-0.25, -0.2) is 9.78 Å². The number of aromatic hydroxyl groups is 1. The van der Waals surface area contributed by atoms with Crippen molar-refractivity contribution in [2.24, 2.45) is 0 Å². The summed E-state index contributed by atoms with van der Waals surface area (Å²) >= 11 is 0. The summed E-state index contributed by atoms with van der Waals surface area (Å²) in [4.78, 5) is 18.7. The van der Waals surface area contributed by atoms with Crippen LogP contribution >= 0.6 is 0 Å². The predicted octanol–water partition coefficient (Wildman–Crippen LogP) is 1.93. The molecule has 0 saturated heterocycles. The molecule has 0 aliphatic heterocycles. The quantitative estimate of drug-likeness (QED) is 0.696. The Balaban J connectivity index is 1.85. The molecule has 2 heterocycles. The van der Waals surface area contributed by atoms with E-state index in [2.05, 4.69) is 15.3 Å². The molecular formula is C14H15N3O3. The molecule has 0 atom stereocenters. The molecule has 0 aliphatic rings. The fourth-order valence-electron chi connectivity index (χ4n) is 1.76. The molecule has 2 aromatic heterocycles. The Kier molecular flexibility index (Phi) is 4.49. The van der Waals surface area contributed by atoms with E-state index < -0.39 is 5.97 Å². The highest BCUT2D eigenvalue weighted by atomic mass is 16.4. The van der Waals surface area contributed by atoms with Gasteiger partial charge in [0.25, 0.3) is 0 Å². The minimum absolute atomic E-state index is 0.301. The fraction of sp³-hybridized carbons (Fsp3) is 0.214. The van der Waals surface area contributed by atoms with Crippen LogP contribution in [-0.4, -0.2) is 32.7 Å². The second kappa shape index (κ2) is 6.51. The van der Waals surface area contributed by atoms with Crippen molar-refractivity contribution < 1.29 is 15.0 Å². The number of aromatic nitrogens is 2. The monoisotopic (exact) mass is 273 g/mol. The summed E-state index contributed by atoms with van der Waals surface area (Å²) in [7, 11) is 0. The van der Waals surface area contributed by atoms with E-state index in [1.165, 1.54) is 6.07 Å². The fourth-order valence-corrected chi connectivity index (χ4v) is 1.76. The molecule has 3 N–H and O–H groups in total. The lowest BCUT2D eigenvalue weighted by Crippen LogP contribution is -2.06. The highest BCUT2D eigenvalue weighted by Gasteiger charge is 2.11. The Bertz CT molecular complexity index is 587. The van der Waals surface area contributed by atoms with E-state index in [4.69, 9.17) is 5.11 Å². The summed E-state index contributed by atoms with van der Waals surface area (Å²) in [6, 6.07) is 6.75. The molecule has 0 aromatic carbocycles. The van der Waals surface area contributed by atoms with Crippen molar-refractivity contribution >= 4 is 11.7 Å². The van der Waals surface area contributed by atoms with Crippen molar-refractivity contribution in [2.75, 3.05) is 11.9 Å². The van der Waals surface area contributed by atoms with Crippen LogP contribution in [0.15, 0.2) is 36.7 Å². The lowest BCUT2D eigenvalue weighted by atomic mass is 10.2. The van der Waals surface area contributed by atoms with Crippen molar-refractivity contribution in [3.05, 3.63) is 48.0 Å². The van der Waals surface area contributed by atoms with Gasteiger partial charge in [-0.2, -0.15) is 0 Å². The summed E-state index contributed by atoms with van der Waals surface area (Å²) in [5.41, 5.74) is 1.34. The standard InChI is InChI=1S/C14H15N3O3/c18-12-4-3-11(17-13(12)14(19)20)2-1-7-16-10-5-8-15-9-6-10/h3-6,8-9,18H,1-2,7H2,(H,15,16)(H,19,20). The minimum Gasteiger partial charge on any atom is -0.505 e. The molecule has 104 valence electrons. The van der Waals surface area contributed by atoms with Gasteiger partial charge in [0.1, 0.15) is 5.75 Å². The zero-order valence-electron chi connectivity index (χ0n) is 10.8. The molecule has 0 unspecified atom stereocenters. The van der Waals surface area contributed by atoms with Crippen LogP contribution < -0.4 is 5.32 Å². The zero-order chi connectivity index (χ0) is 14.4. The summed E-state index contributed by atoms with van der Waals surface area (Å²) in [6.45, 7) is 0.745. The van der Waals surface area contributed by atoms with Crippen LogP contribution in [0.1, 0.15) is 22.6 Å². The number of pyridine rings is 2. The first-order chi connectivity index (χ1) is 9.66. The van der Waals surface area contributed by atoms with E-state index in [0.29, 0.717) is 12.1 Å². The van der Waals surface area contributed by atoms with E-state index >= 15 is 0 Å². The number of hydrogen-bond acceptors (Lipinski definition) is 5. The second-order valence-electron chi connectivity index (χ2n) is 4.24. The van der Waals surface area contributed by atoms with Crippen LogP contribution in [-0.2, 0) is 6.42 Å². The number of hydrogen-bond donors (Lipinski definition) is 3. The third-order valence-corrected chi connectivity index (χ3v) is 2.75. The van der Waals surface area contributed by atoms with E-state index in [1.54, 1.807) is 18.5 Å². The van der Waals surface area contributed by atoms with Crippen molar-refractivity contribution in [2.45, 2.75) is 12.8 Å². The number of aryl methyl sites for hydroxylation is 1. The Morgan fingerprint density at radius 2 is 1.95 bits per heavy atom. The largest absolute Gasteiger partial charge is 0.505 e. The van der Waals surface area contributed by atoms with Gasteiger partial charge in [-0.05, 0) is 37.1 Å². The normalized spacial score (nSPS) is 10.2. The minimum atomic E-state index is -1.22. The van der Waals surface area contributed by atoms with Crippen molar-refractivity contribution in [1.29, 1.82) is 0 Å². The number of carboxylic acid groups (broad SMARTS) is 1. The summed E-state index contributed by atoms with van der Waals surface area (Å²) in [5, 5.41) is 21.5. The SMILES string of the molecule is O=C(O)c1nc(CCCNc2ccncc2)ccc1O. The number of carboxylic acids is 1. The van der Waals surface area contributed by atoms with Crippen LogP contribution in [0.3, 0.4) is 0 Å². The van der Waals surface area contributed by atoms with Crippen LogP contribution in [0.25, 0.3) is 0 Å². The van der Waals surface area contributed by atoms with Crippen LogP contribution in [0.5, 0.6) is 5.75 Å². The molecule has 0 bridgehead atoms. The molecule has 0 radical (unpaired) electrons. The maximum Gasteiger partial charge on any atom is 0.358 e. The van der Waals surface area contributed by atoms with E-state index in [9.17, 15) is 9.90 Å². The molecule has 6 heteroatoms. The first kappa shape index (κ1) is 13.8. The van der Waals surface area contributed by atoms with Crippen molar-refractivity contribution in [1.82, 2.24) is 9.97 Å². The maximum atomic E-state index is 10.8. The first-order valence-corrected chi connectivity index (χ1v) is 6.23. The molecule has 20 heavy (non-hydrogen) atoms. The number of anilines is 1. The van der Waals surface area contributed by atoms with Crippen LogP contribution in [0.4, 0.5) is 5.69 Å². The molecule has 2 aromatic rings. The average Bonchev–Trinajstić information content (AvgIpc) is 2.46. The smallest absolute Gasteiger partial charge is 0.358 e. The molecule has 0 amide bonds. The zero-order valence-corrected chi connectivity index (χ0v) is 10.8. The predicted molar refractivity (Wildman–Crippen MR) is 73.9 cm³/mol. The third kappa shape index (κ3) is 3.68. The Morgan fingerprint density at radius 3 is 2.65 bits per heavy atom. The van der Waals surface area contributed by atoms with E-state index in [1.807, 2.05) is 12.1 Å². The average molecular weight is 273 g/mol. The van der Waals surface area contributed by atoms with Crippen molar-refractivity contribution in [3.8, 4) is 5.75 Å². The number of nitrogens with zero attached hydrogens (tertiary/aromatic N) is 2. The van der Waals surface area contributed by atoms with Gasteiger partial charge in [0, 0.05) is 30.3 Å². The summed E-state index contributed by atoms with van der Waals surface area (Å²) in [6.07, 6.45) is 4.86. The first-order valence-electron chi connectivity index (χ1n) is 6.23. The number of rotatable bonds is 6. The van der Waals surface area contributed by atoms with Crippen LogP contribution in [0, 0.1) is 0 Å². The molecule has 0 fully saturated rings. The van der Waals surface area contributed by atoms with Gasteiger partial charge in [-0.3, -0.25) is 4.98 Å². The molecule has 2 rings (SSSR count). The van der Waals surface area contributed by atoms with Gasteiger partial charge in [0.2, 0.25) is 0 Å². The van der Waals surface area contributed by atoms with Gasteiger partial charge in [-0.1, -0.05) is 0 Å². The topological polar surface area (TPSA) is 95.3 Å². The van der Waals surface area contributed by atoms with Crippen LogP contribution in [0.2, 0.25) is 0 Å². The number of aromatic carboxylic acids is 1. The maximum absolute atomic E-state index is 10.8. The van der Waals surface area contributed by atoms with Gasteiger partial charge in [-0.15, -0.1) is 0 Å². The van der Waals surface area contributed by atoms with E-state index in [0.717, 1.165) is 18.7 Å². The molecule has 0 saturated carbocycles. The third-order valence-electron chi connectivity index (χ3n) is 2.75. The molecule has 6 nitrogen and oxygen atoms in total. The molecule has 0 spiro atoms. The highest BCUT2D eigenvalue weighted by Crippen LogP contribution is 2.15. The van der Waals surface area contributed by atoms with Gasteiger partial charge >= 0.3 is 5.97 Å². The van der Waals surface area contributed by atoms with Gasteiger partial charge < -0.3 is 15.5 Å². The number of carbonyl (C=O) groups is 1.